The van der Waals surface area contributed by atoms with Crippen LogP contribution in [0.25, 0.3) is 0 Å². The second kappa shape index (κ2) is 7.67. The minimum atomic E-state index is -2.83. The number of nitrogens with zero attached hydrogens (tertiary/aromatic N) is 1. The van der Waals surface area contributed by atoms with Crippen molar-refractivity contribution < 1.29 is 27.3 Å². The van der Waals surface area contributed by atoms with Gasteiger partial charge in [0, 0.05) is 25.0 Å². The zero-order chi connectivity index (χ0) is 32.4. The molecule has 0 saturated heterocycles. The average molecular weight is 512 g/mol. The second-order valence-electron chi connectivity index (χ2n) is 13.8. The van der Waals surface area contributed by atoms with E-state index in [-0.39, 0.29) is 42.3 Å². The van der Waals surface area contributed by atoms with Crippen molar-refractivity contribution in [3.63, 3.8) is 0 Å². The lowest BCUT2D eigenvalue weighted by atomic mass is 9.34. The molecule has 5 aliphatic rings. The first kappa shape index (κ1) is 19.8. The van der Waals surface area contributed by atoms with Gasteiger partial charge >= 0.3 is 5.97 Å². The van der Waals surface area contributed by atoms with Gasteiger partial charge < -0.3 is 4.74 Å². The zero-order valence-corrected chi connectivity index (χ0v) is 22.9. The van der Waals surface area contributed by atoms with E-state index < -0.39 is 64.0 Å². The molecule has 0 bridgehead atoms. The van der Waals surface area contributed by atoms with Gasteiger partial charge in [-0.1, -0.05) is 60.0 Å². The number of allylic oxidation sites excluding steroid dienone is 4. The van der Waals surface area contributed by atoms with Gasteiger partial charge in [0.15, 0.2) is 11.6 Å². The number of hydrogen-bond donors (Lipinski definition) is 0. The first-order valence-corrected chi connectivity index (χ1v) is 13.6. The van der Waals surface area contributed by atoms with Crippen LogP contribution in [-0.2, 0) is 19.1 Å². The summed E-state index contributed by atoms with van der Waals surface area (Å²) in [7, 11) is 1.28. The fourth-order valence-corrected chi connectivity index (χ4v) is 9.85. The van der Waals surface area contributed by atoms with E-state index in [9.17, 15) is 19.6 Å². The Morgan fingerprint density at radius 2 is 1.76 bits per heavy atom. The first-order chi connectivity index (χ1) is 19.5. The van der Waals surface area contributed by atoms with Crippen molar-refractivity contribution in [3.05, 3.63) is 23.3 Å². The van der Waals surface area contributed by atoms with Crippen LogP contribution < -0.4 is 0 Å². The van der Waals surface area contributed by atoms with Crippen LogP contribution in [0.15, 0.2) is 23.3 Å². The SMILES string of the molecule is [2H]C([2H])([2H])C1(C([2H])([2H])[2H])CC[C@]2(C(=O)OC)CC[C@]3(C)[C@H](C(=O)C=C4[C@@]5(C)C=C(C#N)C(=O)C(C)(C)[C@@H]5CC[C@]43C)[C@@H]2C1. The van der Waals surface area contributed by atoms with E-state index in [0.29, 0.717) is 25.7 Å². The van der Waals surface area contributed by atoms with Crippen LogP contribution in [0.2, 0.25) is 0 Å². The standard InChI is InChI=1S/C32H43NO4/c1-27(2)11-13-32(26(36)37-8)14-12-31(7)24(20(32)17-27)21(34)15-23-29(5)16-19(18-33)25(35)28(3,4)22(29)9-10-30(23,31)6/h15-16,20,22,24H,9-14,17H2,1-8H3/t20-,22-,24-,29-,30+,31+,32-/m0/s1/i1D3,2D3. The Labute approximate surface area is 230 Å². The molecule has 0 unspecified atom stereocenters. The molecule has 5 aliphatic carbocycles. The Morgan fingerprint density at radius 3 is 2.38 bits per heavy atom. The Balaban J connectivity index is 1.74. The number of Topliss-reactive ketones (excluding diaryl/α,β-unsaturated/α-hetero) is 1. The summed E-state index contributed by atoms with van der Waals surface area (Å²) in [6.07, 6.45) is 5.12. The van der Waals surface area contributed by atoms with Crippen LogP contribution in [0.1, 0.15) is 101 Å². The van der Waals surface area contributed by atoms with Crippen molar-refractivity contribution in [1.29, 1.82) is 5.26 Å². The highest BCUT2D eigenvalue weighted by Crippen LogP contribution is 2.74. The molecule has 0 radical (unpaired) electrons. The quantitative estimate of drug-likeness (QED) is 0.381. The third kappa shape index (κ3) is 3.11. The van der Waals surface area contributed by atoms with Gasteiger partial charge in [-0.15, -0.1) is 0 Å². The fraction of sp³-hybridized carbons (Fsp3) is 0.750. The average Bonchev–Trinajstić information content (AvgIpc) is 2.90. The normalized spacial score (nSPS) is 48.7. The van der Waals surface area contributed by atoms with Crippen LogP contribution in [0.5, 0.6) is 0 Å². The van der Waals surface area contributed by atoms with Crippen LogP contribution in [-0.4, -0.2) is 24.6 Å². The molecular weight excluding hydrogens is 462 g/mol. The lowest BCUT2D eigenvalue weighted by Gasteiger charge is -2.68. The Hall–Kier alpha value is -2.22. The molecule has 5 heteroatoms. The Morgan fingerprint density at radius 1 is 1.08 bits per heavy atom. The number of ether oxygens (including phenoxy) is 1. The molecule has 0 aromatic heterocycles. The number of methoxy groups -OCH3 is 1. The molecule has 0 spiro atoms. The maximum absolute atomic E-state index is 14.6. The highest BCUT2D eigenvalue weighted by Gasteiger charge is 2.71. The summed E-state index contributed by atoms with van der Waals surface area (Å²) in [6, 6.07) is 2.09. The molecule has 0 N–H and O–H groups in total. The number of esters is 1. The lowest BCUT2D eigenvalue weighted by molar-refractivity contribution is -0.191. The van der Waals surface area contributed by atoms with Crippen molar-refractivity contribution >= 4 is 17.5 Å². The third-order valence-corrected chi connectivity index (χ3v) is 12.0. The summed E-state index contributed by atoms with van der Waals surface area (Å²) < 4.78 is 55.6. The van der Waals surface area contributed by atoms with Gasteiger partial charge in [0.2, 0.25) is 0 Å². The second-order valence-corrected chi connectivity index (χ2v) is 13.8. The van der Waals surface area contributed by atoms with E-state index in [0.717, 1.165) is 5.57 Å². The van der Waals surface area contributed by atoms with Crippen molar-refractivity contribution in [2.75, 3.05) is 7.11 Å². The van der Waals surface area contributed by atoms with Crippen molar-refractivity contribution in [2.24, 2.45) is 50.2 Å². The van der Waals surface area contributed by atoms with Gasteiger partial charge in [-0.2, -0.15) is 5.26 Å². The van der Waals surface area contributed by atoms with Crippen molar-refractivity contribution in [2.45, 2.75) is 93.3 Å². The molecule has 0 aromatic carbocycles. The lowest BCUT2D eigenvalue weighted by Crippen LogP contribution is -2.65. The van der Waals surface area contributed by atoms with Gasteiger partial charge in [0.05, 0.1) is 18.1 Å². The van der Waals surface area contributed by atoms with Crippen LogP contribution in [0.3, 0.4) is 0 Å². The zero-order valence-electron chi connectivity index (χ0n) is 28.9. The first-order valence-electron chi connectivity index (χ1n) is 16.6. The predicted octanol–water partition coefficient (Wildman–Crippen LogP) is 6.38. The van der Waals surface area contributed by atoms with Gasteiger partial charge in [0.1, 0.15) is 6.07 Å². The summed E-state index contributed by atoms with van der Waals surface area (Å²) in [6.45, 7) is 4.26. The summed E-state index contributed by atoms with van der Waals surface area (Å²) >= 11 is 0. The van der Waals surface area contributed by atoms with Gasteiger partial charge in [-0.25, -0.2) is 0 Å². The number of carbonyl (C=O) groups is 3. The number of nitriles is 1. The van der Waals surface area contributed by atoms with Crippen LogP contribution in [0, 0.1) is 61.6 Å². The van der Waals surface area contributed by atoms with Crippen molar-refractivity contribution in [3.8, 4) is 6.07 Å². The largest absolute Gasteiger partial charge is 0.469 e. The molecule has 200 valence electrons. The third-order valence-electron chi connectivity index (χ3n) is 12.0. The molecule has 7 atom stereocenters. The Bertz CT molecular complexity index is 1390. The number of ketones is 2. The molecule has 0 amide bonds. The smallest absolute Gasteiger partial charge is 0.312 e. The van der Waals surface area contributed by atoms with E-state index in [1.807, 2.05) is 27.7 Å². The number of fused-ring (bicyclic) bond motifs is 7. The maximum atomic E-state index is 14.6. The molecule has 3 fully saturated rings. The summed E-state index contributed by atoms with van der Waals surface area (Å²) in [5.74, 6) is -2.72. The minimum absolute atomic E-state index is 0.0264. The van der Waals surface area contributed by atoms with E-state index in [2.05, 4.69) is 13.0 Å². The molecule has 5 rings (SSSR count). The molecule has 0 aliphatic heterocycles. The predicted molar refractivity (Wildman–Crippen MR) is 141 cm³/mol. The molecule has 0 heterocycles. The topological polar surface area (TPSA) is 84.2 Å². The Kier molecular flexibility index (Phi) is 4.10. The fourth-order valence-electron chi connectivity index (χ4n) is 9.85. The molecule has 37 heavy (non-hydrogen) atoms. The van der Waals surface area contributed by atoms with Crippen LogP contribution >= 0.6 is 0 Å². The minimum Gasteiger partial charge on any atom is -0.469 e. The number of carbonyl (C=O) groups excluding carboxylic acids is 3. The highest BCUT2D eigenvalue weighted by molar-refractivity contribution is 6.04. The van der Waals surface area contributed by atoms with E-state index in [4.69, 9.17) is 13.0 Å². The summed E-state index contributed by atoms with van der Waals surface area (Å²) in [5.41, 5.74) is -5.15. The molecule has 3 saturated carbocycles. The van der Waals surface area contributed by atoms with Gasteiger partial charge in [-0.3, -0.25) is 14.4 Å². The molecule has 0 aromatic rings. The monoisotopic (exact) mass is 511 g/mol. The van der Waals surface area contributed by atoms with Crippen LogP contribution in [0.4, 0.5) is 0 Å². The summed E-state index contributed by atoms with van der Waals surface area (Å²) in [5, 5.41) is 9.90. The van der Waals surface area contributed by atoms with Crippen molar-refractivity contribution in [1.82, 2.24) is 0 Å². The maximum Gasteiger partial charge on any atom is 0.312 e. The summed E-state index contributed by atoms with van der Waals surface area (Å²) in [4.78, 5) is 41.4. The van der Waals surface area contributed by atoms with E-state index in [1.165, 1.54) is 7.11 Å². The van der Waals surface area contributed by atoms with E-state index >= 15 is 0 Å². The molecular formula is C32H43NO4. The van der Waals surface area contributed by atoms with Gasteiger partial charge in [0.25, 0.3) is 0 Å². The van der Waals surface area contributed by atoms with E-state index in [1.54, 1.807) is 12.2 Å². The highest BCUT2D eigenvalue weighted by atomic mass is 16.5. The number of rotatable bonds is 1. The van der Waals surface area contributed by atoms with Gasteiger partial charge in [-0.05, 0) is 79.1 Å². The molecule has 5 nitrogen and oxygen atoms in total. The number of hydrogen-bond acceptors (Lipinski definition) is 5.